The van der Waals surface area contributed by atoms with Crippen molar-refractivity contribution in [2.45, 2.75) is 57.2 Å². The number of alkyl halides is 3. The number of carbonyl (C=O) groups is 3. The standard InChI is InChI=1S/C33H37ClF3N7O3/c1-42-27(25-19-44(23-8-9-23)41-29(25)33(35,36)37)17-39-30(42)31(46)40-22-7-10-24(26(34)16-22)32(47)43-14-11-21(12-15-43)28(45)18-38-13-3-6-20-4-2-5-20/h3,6-7,10,16-17,19-21,23,38H,2,4-5,8-9,11-15,18H2,1H3,(H,40,46)/b6-3+. The van der Waals surface area contributed by atoms with Crippen molar-refractivity contribution in [3.8, 4) is 11.3 Å². The van der Waals surface area contributed by atoms with E-state index in [1.165, 1.54) is 66.2 Å². The van der Waals surface area contributed by atoms with Crippen molar-refractivity contribution in [1.82, 2.24) is 29.5 Å². The van der Waals surface area contributed by atoms with Gasteiger partial charge in [0.05, 0.1) is 40.6 Å². The number of nitrogens with one attached hydrogen (secondary N) is 2. The molecule has 47 heavy (non-hydrogen) atoms. The number of likely N-dealkylation sites (tertiary alicyclic amines) is 1. The molecule has 2 saturated carbocycles. The number of rotatable bonds is 11. The van der Waals surface area contributed by atoms with Gasteiger partial charge in [-0.1, -0.05) is 30.2 Å². The van der Waals surface area contributed by atoms with Crippen LogP contribution in [0.5, 0.6) is 0 Å². The minimum absolute atomic E-state index is 0.0578. The molecule has 3 aromatic rings. The summed E-state index contributed by atoms with van der Waals surface area (Å²) in [7, 11) is 1.46. The average Bonchev–Trinajstić information content (AvgIpc) is 3.64. The zero-order valence-corrected chi connectivity index (χ0v) is 26.8. The maximum absolute atomic E-state index is 13.8. The van der Waals surface area contributed by atoms with Crippen LogP contribution in [0.1, 0.15) is 77.7 Å². The molecule has 3 fully saturated rings. The molecule has 0 atom stereocenters. The highest BCUT2D eigenvalue weighted by Gasteiger charge is 2.40. The molecule has 250 valence electrons. The van der Waals surface area contributed by atoms with Crippen LogP contribution < -0.4 is 10.6 Å². The topological polar surface area (TPSA) is 114 Å². The third-order valence-electron chi connectivity index (χ3n) is 9.20. The summed E-state index contributed by atoms with van der Waals surface area (Å²) in [5.74, 6) is -0.293. The first kappa shape index (κ1) is 33.0. The van der Waals surface area contributed by atoms with Gasteiger partial charge in [0, 0.05) is 44.5 Å². The number of carbonyl (C=O) groups excluding carboxylic acids is 3. The van der Waals surface area contributed by atoms with Gasteiger partial charge in [0.2, 0.25) is 0 Å². The lowest BCUT2D eigenvalue weighted by atomic mass is 9.85. The van der Waals surface area contributed by atoms with Crippen LogP contribution in [0.3, 0.4) is 0 Å². The monoisotopic (exact) mass is 671 g/mol. The second kappa shape index (κ2) is 13.6. The van der Waals surface area contributed by atoms with Gasteiger partial charge >= 0.3 is 6.18 Å². The fraction of sp³-hybridized carbons (Fsp3) is 0.485. The Labute approximate surface area is 275 Å². The molecular formula is C33H37ClF3N7O3. The molecular weight excluding hydrogens is 635 g/mol. The number of ketones is 1. The van der Waals surface area contributed by atoms with Gasteiger partial charge in [0.15, 0.2) is 11.5 Å². The number of anilines is 1. The van der Waals surface area contributed by atoms with Crippen molar-refractivity contribution in [3.63, 3.8) is 0 Å². The molecule has 1 aliphatic heterocycles. The van der Waals surface area contributed by atoms with Gasteiger partial charge < -0.3 is 20.1 Å². The highest BCUT2D eigenvalue weighted by Crippen LogP contribution is 2.41. The van der Waals surface area contributed by atoms with E-state index in [1.54, 1.807) is 4.90 Å². The predicted molar refractivity (Wildman–Crippen MR) is 170 cm³/mol. The third kappa shape index (κ3) is 7.46. The number of allylic oxidation sites excluding steroid dienone is 1. The first-order valence-corrected chi connectivity index (χ1v) is 16.4. The van der Waals surface area contributed by atoms with Gasteiger partial charge in [0.25, 0.3) is 11.8 Å². The van der Waals surface area contributed by atoms with E-state index in [0.29, 0.717) is 44.9 Å². The fourth-order valence-electron chi connectivity index (χ4n) is 6.03. The van der Waals surface area contributed by atoms with E-state index in [4.69, 9.17) is 11.6 Å². The molecule has 0 unspecified atom stereocenters. The predicted octanol–water partition coefficient (Wildman–Crippen LogP) is 5.91. The van der Waals surface area contributed by atoms with Crippen LogP contribution in [0.4, 0.5) is 18.9 Å². The number of hydrogen-bond donors (Lipinski definition) is 2. The number of imidazole rings is 1. The van der Waals surface area contributed by atoms with Gasteiger partial charge in [0.1, 0.15) is 5.78 Å². The third-order valence-corrected chi connectivity index (χ3v) is 9.52. The van der Waals surface area contributed by atoms with Crippen LogP contribution in [-0.4, -0.2) is 68.0 Å². The quantitative estimate of drug-likeness (QED) is 0.194. The molecule has 0 radical (unpaired) electrons. The Hall–Kier alpha value is -3.97. The molecule has 3 aliphatic rings. The Bertz CT molecular complexity index is 1680. The molecule has 2 aliphatic carbocycles. The molecule has 6 rings (SSSR count). The molecule has 1 aromatic carbocycles. The van der Waals surface area contributed by atoms with Crippen LogP contribution in [0.15, 0.2) is 42.7 Å². The molecule has 2 N–H and O–H groups in total. The van der Waals surface area contributed by atoms with Crippen LogP contribution in [0.2, 0.25) is 5.02 Å². The summed E-state index contributed by atoms with van der Waals surface area (Å²) in [5, 5.41) is 9.76. The van der Waals surface area contributed by atoms with Gasteiger partial charge in [-0.25, -0.2) is 4.98 Å². The van der Waals surface area contributed by atoms with Gasteiger partial charge in [-0.3, -0.25) is 19.1 Å². The van der Waals surface area contributed by atoms with Crippen molar-refractivity contribution >= 4 is 34.9 Å². The Morgan fingerprint density at radius 1 is 1.09 bits per heavy atom. The average molecular weight is 672 g/mol. The SMILES string of the molecule is Cn1c(-c2cn(C3CC3)nc2C(F)(F)F)cnc1C(=O)Nc1ccc(C(=O)N2CCC(C(=O)CNC/C=C/C3CCC3)CC2)c(Cl)c1. The van der Waals surface area contributed by atoms with Crippen molar-refractivity contribution < 1.29 is 27.6 Å². The molecule has 2 amide bonds. The Kier molecular flexibility index (Phi) is 9.56. The van der Waals surface area contributed by atoms with E-state index < -0.39 is 17.8 Å². The first-order chi connectivity index (χ1) is 22.5. The van der Waals surface area contributed by atoms with E-state index in [2.05, 4.69) is 32.9 Å². The summed E-state index contributed by atoms with van der Waals surface area (Å²) >= 11 is 6.47. The number of piperidine rings is 1. The van der Waals surface area contributed by atoms with Crippen molar-refractivity contribution in [3.05, 3.63) is 64.8 Å². The molecule has 2 aromatic heterocycles. The second-order valence-electron chi connectivity index (χ2n) is 12.6. The van der Waals surface area contributed by atoms with Gasteiger partial charge in [-0.05, 0) is 62.6 Å². The number of amides is 2. The summed E-state index contributed by atoms with van der Waals surface area (Å²) < 4.78 is 43.9. The molecule has 1 saturated heterocycles. The number of Topliss-reactive ketones (excluding diaryl/α,β-unsaturated/α-hetero) is 1. The van der Waals surface area contributed by atoms with Crippen molar-refractivity contribution in [1.29, 1.82) is 0 Å². The highest BCUT2D eigenvalue weighted by molar-refractivity contribution is 6.34. The second-order valence-corrected chi connectivity index (χ2v) is 13.0. The molecule has 0 spiro atoms. The van der Waals surface area contributed by atoms with Crippen LogP contribution in [0.25, 0.3) is 11.3 Å². The maximum Gasteiger partial charge on any atom is 0.435 e. The van der Waals surface area contributed by atoms with E-state index in [0.717, 1.165) is 12.8 Å². The number of halogens is 4. The zero-order valence-electron chi connectivity index (χ0n) is 26.0. The van der Waals surface area contributed by atoms with Gasteiger partial charge in [-0.2, -0.15) is 18.3 Å². The van der Waals surface area contributed by atoms with E-state index >= 15 is 0 Å². The van der Waals surface area contributed by atoms with Crippen molar-refractivity contribution in [2.24, 2.45) is 18.9 Å². The van der Waals surface area contributed by atoms with Crippen LogP contribution >= 0.6 is 11.6 Å². The smallest absolute Gasteiger partial charge is 0.339 e. The Morgan fingerprint density at radius 2 is 1.83 bits per heavy atom. The lowest BCUT2D eigenvalue weighted by Crippen LogP contribution is -2.42. The summed E-state index contributed by atoms with van der Waals surface area (Å²) in [6.45, 7) is 1.85. The van der Waals surface area contributed by atoms with Crippen molar-refractivity contribution in [2.75, 3.05) is 31.5 Å². The maximum atomic E-state index is 13.8. The minimum atomic E-state index is -4.67. The number of hydrogen-bond acceptors (Lipinski definition) is 6. The molecule has 0 bridgehead atoms. The zero-order chi connectivity index (χ0) is 33.3. The summed E-state index contributed by atoms with van der Waals surface area (Å²) in [6.07, 6.45) is 8.69. The van der Waals surface area contributed by atoms with Crippen LogP contribution in [-0.2, 0) is 18.0 Å². The molecule has 3 heterocycles. The fourth-order valence-corrected chi connectivity index (χ4v) is 6.29. The van der Waals surface area contributed by atoms with E-state index in [9.17, 15) is 27.6 Å². The summed E-state index contributed by atoms with van der Waals surface area (Å²) in [5.41, 5.74) is -0.520. The molecule has 14 heteroatoms. The lowest BCUT2D eigenvalue weighted by molar-refractivity contribution is -0.141. The minimum Gasteiger partial charge on any atom is -0.339 e. The molecule has 10 nitrogen and oxygen atoms in total. The Morgan fingerprint density at radius 3 is 2.47 bits per heavy atom. The van der Waals surface area contributed by atoms with E-state index in [1.807, 2.05) is 0 Å². The number of benzene rings is 1. The largest absolute Gasteiger partial charge is 0.435 e. The summed E-state index contributed by atoms with van der Waals surface area (Å²) in [4.78, 5) is 44.8. The van der Waals surface area contributed by atoms with Gasteiger partial charge in [-0.15, -0.1) is 0 Å². The normalized spacial score (nSPS) is 17.7. The number of aromatic nitrogens is 4. The lowest BCUT2D eigenvalue weighted by Gasteiger charge is -2.31. The number of nitrogens with zero attached hydrogens (tertiary/aromatic N) is 5. The van der Waals surface area contributed by atoms with Crippen LogP contribution in [0, 0.1) is 11.8 Å². The summed E-state index contributed by atoms with van der Waals surface area (Å²) in [6, 6.07) is 4.44. The first-order valence-electron chi connectivity index (χ1n) is 16.0. The highest BCUT2D eigenvalue weighted by atomic mass is 35.5. The van der Waals surface area contributed by atoms with E-state index in [-0.39, 0.29) is 57.0 Å². The Balaban J connectivity index is 1.03.